The van der Waals surface area contributed by atoms with E-state index in [-0.39, 0.29) is 5.56 Å². The monoisotopic (exact) mass is 261 g/mol. The summed E-state index contributed by atoms with van der Waals surface area (Å²) in [6, 6.07) is 1.65. The highest BCUT2D eigenvalue weighted by molar-refractivity contribution is 9.10. The van der Waals surface area contributed by atoms with Crippen LogP contribution in [0.1, 0.15) is 17.3 Å². The zero-order valence-corrected chi connectivity index (χ0v) is 9.01. The lowest BCUT2D eigenvalue weighted by Crippen LogP contribution is -2.26. The van der Waals surface area contributed by atoms with E-state index in [4.69, 9.17) is 5.73 Å². The Morgan fingerprint density at radius 1 is 1.64 bits per heavy atom. The second-order valence-corrected chi connectivity index (χ2v) is 3.85. The van der Waals surface area contributed by atoms with Crippen LogP contribution in [0.25, 0.3) is 0 Å². The molecule has 0 aliphatic carbocycles. The first-order valence-corrected chi connectivity index (χ1v) is 4.70. The average Bonchev–Trinajstić information content (AvgIpc) is 2.09. The number of phenolic OH excluding ortho intramolecular Hbond substituents is 1. The van der Waals surface area contributed by atoms with Crippen molar-refractivity contribution < 1.29 is 14.3 Å². The number of carbonyl (C=O) groups excluding carboxylic acids is 1. The molecule has 0 saturated carbocycles. The van der Waals surface area contributed by atoms with Crippen molar-refractivity contribution >= 4 is 21.7 Å². The molecule has 1 aromatic rings. The number of phenols is 1. The van der Waals surface area contributed by atoms with E-state index in [1.807, 2.05) is 0 Å². The van der Waals surface area contributed by atoms with Crippen molar-refractivity contribution in [3.8, 4) is 5.75 Å². The Kier molecular flexibility index (Phi) is 3.23. The van der Waals surface area contributed by atoms with Crippen LogP contribution in [-0.2, 0) is 0 Å². The predicted molar refractivity (Wildman–Crippen MR) is 53.7 cm³/mol. The van der Waals surface area contributed by atoms with Crippen molar-refractivity contribution in [3.63, 3.8) is 0 Å². The maximum absolute atomic E-state index is 13.0. The Bertz CT molecular complexity index is 379. The molecule has 0 radical (unpaired) electrons. The first-order valence-electron chi connectivity index (χ1n) is 3.91. The molecule has 1 atom stereocenters. The molecule has 14 heavy (non-hydrogen) atoms. The van der Waals surface area contributed by atoms with Gasteiger partial charge in [0.1, 0.15) is 0 Å². The first kappa shape index (κ1) is 11.1. The van der Waals surface area contributed by atoms with Crippen molar-refractivity contribution in [1.29, 1.82) is 0 Å². The van der Waals surface area contributed by atoms with Crippen LogP contribution < -0.4 is 5.73 Å². The summed E-state index contributed by atoms with van der Waals surface area (Å²) in [5.41, 5.74) is 5.23. The van der Waals surface area contributed by atoms with Gasteiger partial charge in [-0.2, -0.15) is 0 Å². The summed E-state index contributed by atoms with van der Waals surface area (Å²) in [5, 5.41) is 9.27. The third kappa shape index (κ3) is 2.10. The van der Waals surface area contributed by atoms with Crippen molar-refractivity contribution in [2.24, 2.45) is 5.73 Å². The van der Waals surface area contributed by atoms with E-state index < -0.39 is 23.4 Å². The molecule has 0 bridgehead atoms. The smallest absolute Gasteiger partial charge is 0.183 e. The van der Waals surface area contributed by atoms with Crippen LogP contribution >= 0.6 is 15.9 Å². The second kappa shape index (κ2) is 4.06. The number of aromatic hydroxyl groups is 1. The normalized spacial score (nSPS) is 12.6. The molecule has 1 unspecified atom stereocenters. The average molecular weight is 262 g/mol. The molecule has 0 aromatic heterocycles. The number of rotatable bonds is 2. The number of ketones is 1. The number of hydrogen-bond donors (Lipinski definition) is 2. The van der Waals surface area contributed by atoms with Gasteiger partial charge in [-0.3, -0.25) is 4.79 Å². The van der Waals surface area contributed by atoms with Gasteiger partial charge in [0.15, 0.2) is 17.3 Å². The minimum atomic E-state index is -0.844. The summed E-state index contributed by atoms with van der Waals surface area (Å²) < 4.78 is 13.4. The molecule has 3 N–H and O–H groups in total. The third-order valence-corrected chi connectivity index (χ3v) is 2.17. The molecular formula is C9H9BrFNO2. The predicted octanol–water partition coefficient (Wildman–Crippen LogP) is 1.82. The highest BCUT2D eigenvalue weighted by atomic mass is 79.9. The van der Waals surface area contributed by atoms with Gasteiger partial charge in [-0.15, -0.1) is 0 Å². The Morgan fingerprint density at radius 2 is 2.21 bits per heavy atom. The number of carbonyl (C=O) groups is 1. The fraction of sp³-hybridized carbons (Fsp3) is 0.222. The fourth-order valence-corrected chi connectivity index (χ4v) is 1.43. The fourth-order valence-electron chi connectivity index (χ4n) is 0.999. The van der Waals surface area contributed by atoms with E-state index in [0.717, 1.165) is 6.07 Å². The molecule has 5 heteroatoms. The molecule has 0 aliphatic rings. The molecule has 0 saturated heterocycles. The molecule has 0 spiro atoms. The Hall–Kier alpha value is -0.940. The van der Waals surface area contributed by atoms with Crippen LogP contribution in [0.5, 0.6) is 5.75 Å². The van der Waals surface area contributed by atoms with Crippen LogP contribution in [0.2, 0.25) is 0 Å². The lowest BCUT2D eigenvalue weighted by Gasteiger charge is -2.07. The minimum Gasteiger partial charge on any atom is -0.504 e. The van der Waals surface area contributed by atoms with Gasteiger partial charge in [-0.1, -0.05) is 15.9 Å². The maximum Gasteiger partial charge on any atom is 0.183 e. The van der Waals surface area contributed by atoms with Crippen LogP contribution in [0.3, 0.4) is 0 Å². The first-order chi connectivity index (χ1) is 6.43. The van der Waals surface area contributed by atoms with Crippen LogP contribution in [-0.4, -0.2) is 16.9 Å². The molecule has 0 aliphatic heterocycles. The van der Waals surface area contributed by atoms with Gasteiger partial charge >= 0.3 is 0 Å². The van der Waals surface area contributed by atoms with E-state index in [1.54, 1.807) is 0 Å². The van der Waals surface area contributed by atoms with Crippen LogP contribution in [0.4, 0.5) is 4.39 Å². The lowest BCUT2D eigenvalue weighted by molar-refractivity contribution is 0.0964. The molecule has 0 amide bonds. The molecule has 0 heterocycles. The van der Waals surface area contributed by atoms with Crippen LogP contribution in [0, 0.1) is 5.82 Å². The van der Waals surface area contributed by atoms with E-state index in [2.05, 4.69) is 15.9 Å². The lowest BCUT2D eigenvalue weighted by atomic mass is 10.0. The quantitative estimate of drug-likeness (QED) is 0.799. The molecular weight excluding hydrogens is 253 g/mol. The van der Waals surface area contributed by atoms with Crippen molar-refractivity contribution in [2.75, 3.05) is 0 Å². The highest BCUT2D eigenvalue weighted by Crippen LogP contribution is 2.26. The van der Waals surface area contributed by atoms with Gasteiger partial charge in [-0.05, 0) is 19.1 Å². The Morgan fingerprint density at radius 3 is 2.71 bits per heavy atom. The van der Waals surface area contributed by atoms with E-state index in [9.17, 15) is 14.3 Å². The third-order valence-electron chi connectivity index (χ3n) is 1.71. The molecule has 76 valence electrons. The molecule has 3 nitrogen and oxygen atoms in total. The van der Waals surface area contributed by atoms with Gasteiger partial charge < -0.3 is 10.8 Å². The van der Waals surface area contributed by atoms with Gasteiger partial charge in [0.25, 0.3) is 0 Å². The van der Waals surface area contributed by atoms with Gasteiger partial charge in [0, 0.05) is 4.47 Å². The molecule has 1 aromatic carbocycles. The van der Waals surface area contributed by atoms with E-state index in [0.29, 0.717) is 4.47 Å². The van der Waals surface area contributed by atoms with Crippen molar-refractivity contribution in [2.45, 2.75) is 13.0 Å². The zero-order valence-electron chi connectivity index (χ0n) is 7.42. The largest absolute Gasteiger partial charge is 0.504 e. The van der Waals surface area contributed by atoms with Crippen molar-refractivity contribution in [1.82, 2.24) is 0 Å². The standard InChI is InChI=1S/C9H9BrFNO2/c1-4(12)8(13)6-2-5(10)3-7(11)9(6)14/h2-4,14H,12H2,1H3. The zero-order chi connectivity index (χ0) is 10.9. The number of halogens is 2. The van der Waals surface area contributed by atoms with E-state index >= 15 is 0 Å². The van der Waals surface area contributed by atoms with E-state index in [1.165, 1.54) is 13.0 Å². The number of nitrogens with two attached hydrogens (primary N) is 1. The maximum atomic E-state index is 13.0. The molecule has 0 fully saturated rings. The van der Waals surface area contributed by atoms with Gasteiger partial charge in [0.05, 0.1) is 11.6 Å². The number of hydrogen-bond acceptors (Lipinski definition) is 3. The Balaban J connectivity index is 3.27. The highest BCUT2D eigenvalue weighted by Gasteiger charge is 2.18. The summed E-state index contributed by atoms with van der Waals surface area (Å²) in [5.74, 6) is -2.00. The SMILES string of the molecule is CC(N)C(=O)c1cc(Br)cc(F)c1O. The van der Waals surface area contributed by atoms with Gasteiger partial charge in [0.2, 0.25) is 0 Å². The Labute approximate surface area is 88.9 Å². The summed E-state index contributed by atoms with van der Waals surface area (Å²) in [7, 11) is 0. The summed E-state index contributed by atoms with van der Waals surface area (Å²) in [6.07, 6.45) is 0. The summed E-state index contributed by atoms with van der Waals surface area (Å²) in [6.45, 7) is 1.47. The number of Topliss-reactive ketones (excluding diaryl/α,β-unsaturated/α-hetero) is 1. The summed E-state index contributed by atoms with van der Waals surface area (Å²) >= 11 is 3.02. The summed E-state index contributed by atoms with van der Waals surface area (Å²) in [4.78, 5) is 11.4. The minimum absolute atomic E-state index is 0.105. The second-order valence-electron chi connectivity index (χ2n) is 2.94. The topological polar surface area (TPSA) is 63.3 Å². The van der Waals surface area contributed by atoms with Crippen molar-refractivity contribution in [3.05, 3.63) is 28.0 Å². The van der Waals surface area contributed by atoms with Gasteiger partial charge in [-0.25, -0.2) is 4.39 Å². The van der Waals surface area contributed by atoms with Crippen LogP contribution in [0.15, 0.2) is 16.6 Å². The molecule has 1 rings (SSSR count). The number of benzene rings is 1.